The number of benzene rings is 3. The second-order valence-electron chi connectivity index (χ2n) is 8.67. The highest BCUT2D eigenvalue weighted by molar-refractivity contribution is 7.92. The minimum atomic E-state index is -3.91. The number of imide groups is 1. The summed E-state index contributed by atoms with van der Waals surface area (Å²) in [5, 5.41) is 0. The number of nitrogens with zero attached hydrogens (tertiary/aromatic N) is 2. The highest BCUT2D eigenvalue weighted by atomic mass is 32.2. The highest BCUT2D eigenvalue weighted by Crippen LogP contribution is 2.26. The first-order valence-electron chi connectivity index (χ1n) is 12.1. The van der Waals surface area contributed by atoms with Gasteiger partial charge in [0.2, 0.25) is 0 Å². The molecule has 0 aromatic heterocycles. The van der Waals surface area contributed by atoms with Crippen molar-refractivity contribution < 1.29 is 27.5 Å². The van der Waals surface area contributed by atoms with E-state index in [0.717, 1.165) is 5.56 Å². The summed E-state index contributed by atoms with van der Waals surface area (Å²) in [6, 6.07) is 19.5. The van der Waals surface area contributed by atoms with E-state index in [9.17, 15) is 22.8 Å². The number of aryl methyl sites for hydroxylation is 1. The van der Waals surface area contributed by atoms with Crippen molar-refractivity contribution in [3.05, 3.63) is 95.1 Å². The van der Waals surface area contributed by atoms with E-state index in [0.29, 0.717) is 35.2 Å². The zero-order chi connectivity index (χ0) is 26.6. The molecule has 0 radical (unpaired) electrons. The van der Waals surface area contributed by atoms with Gasteiger partial charge in [-0.3, -0.25) is 18.8 Å². The van der Waals surface area contributed by atoms with Crippen molar-refractivity contribution in [3.8, 4) is 0 Å². The monoisotopic (exact) mass is 520 g/mol. The molecule has 0 bridgehead atoms. The molecule has 0 spiro atoms. The van der Waals surface area contributed by atoms with Crippen LogP contribution < -0.4 is 4.31 Å². The van der Waals surface area contributed by atoms with E-state index in [2.05, 4.69) is 0 Å². The Morgan fingerprint density at radius 1 is 0.865 bits per heavy atom. The fourth-order valence-corrected chi connectivity index (χ4v) is 5.67. The van der Waals surface area contributed by atoms with Crippen molar-refractivity contribution in [2.24, 2.45) is 0 Å². The summed E-state index contributed by atoms with van der Waals surface area (Å²) in [6.45, 7) is 4.14. The molecule has 0 aliphatic carbocycles. The molecule has 192 valence electrons. The van der Waals surface area contributed by atoms with Crippen molar-refractivity contribution in [2.75, 3.05) is 24.0 Å². The van der Waals surface area contributed by atoms with Crippen molar-refractivity contribution >= 4 is 33.5 Å². The van der Waals surface area contributed by atoms with E-state index < -0.39 is 16.0 Å². The fourth-order valence-electron chi connectivity index (χ4n) is 4.17. The van der Waals surface area contributed by atoms with Crippen LogP contribution in [0.3, 0.4) is 0 Å². The first-order valence-corrected chi connectivity index (χ1v) is 13.5. The third-order valence-corrected chi connectivity index (χ3v) is 7.99. The number of anilines is 1. The summed E-state index contributed by atoms with van der Waals surface area (Å²) in [6.07, 6.45) is 0.824. The quantitative estimate of drug-likeness (QED) is 0.223. The second-order valence-corrected chi connectivity index (χ2v) is 10.5. The van der Waals surface area contributed by atoms with Crippen LogP contribution in [-0.4, -0.2) is 50.8 Å². The van der Waals surface area contributed by atoms with Crippen LogP contribution in [0.15, 0.2) is 77.7 Å². The summed E-state index contributed by atoms with van der Waals surface area (Å²) >= 11 is 0. The lowest BCUT2D eigenvalue weighted by Crippen LogP contribution is -2.34. The molecule has 4 rings (SSSR count). The number of carbonyl (C=O) groups is 3. The number of hydrogen-bond donors (Lipinski definition) is 0. The number of carbonyl (C=O) groups excluding carboxylic acids is 3. The SMILES string of the molecule is CCOC(=O)c1ccc(N(CCCCN2C(=O)c3ccccc3C2=O)S(=O)(=O)c2ccc(C)cc2)cc1. The van der Waals surface area contributed by atoms with Gasteiger partial charge in [0.1, 0.15) is 0 Å². The molecule has 37 heavy (non-hydrogen) atoms. The lowest BCUT2D eigenvalue weighted by atomic mass is 10.1. The minimum absolute atomic E-state index is 0.123. The Bertz CT molecular complexity index is 1380. The lowest BCUT2D eigenvalue weighted by Gasteiger charge is -2.25. The maximum Gasteiger partial charge on any atom is 0.338 e. The summed E-state index contributed by atoms with van der Waals surface area (Å²) in [5.74, 6) is -1.15. The number of unbranched alkanes of at least 4 members (excludes halogenated alkanes) is 1. The van der Waals surface area contributed by atoms with E-state index in [1.165, 1.54) is 21.3 Å². The number of rotatable bonds is 10. The summed E-state index contributed by atoms with van der Waals surface area (Å²) in [5.41, 5.74) is 2.43. The standard InChI is InChI=1S/C28H28N2O6S/c1-3-36-28(33)21-12-14-22(15-13-21)30(37(34,35)23-16-10-20(2)11-17-23)19-7-6-18-29-26(31)24-8-4-5-9-25(24)27(29)32/h4-5,8-17H,3,6-7,18-19H2,1-2H3. The third kappa shape index (κ3) is 5.41. The number of ether oxygens (including phenoxy) is 1. The maximum absolute atomic E-state index is 13.6. The number of fused-ring (bicyclic) bond motifs is 1. The Morgan fingerprint density at radius 2 is 1.46 bits per heavy atom. The smallest absolute Gasteiger partial charge is 0.338 e. The van der Waals surface area contributed by atoms with E-state index in [4.69, 9.17) is 4.74 Å². The lowest BCUT2D eigenvalue weighted by molar-refractivity contribution is 0.0525. The van der Waals surface area contributed by atoms with E-state index >= 15 is 0 Å². The van der Waals surface area contributed by atoms with Crippen LogP contribution in [0.25, 0.3) is 0 Å². The van der Waals surface area contributed by atoms with Gasteiger partial charge >= 0.3 is 5.97 Å². The van der Waals surface area contributed by atoms with Crippen LogP contribution in [0.2, 0.25) is 0 Å². The van der Waals surface area contributed by atoms with Crippen LogP contribution in [0.4, 0.5) is 5.69 Å². The second kappa shape index (κ2) is 11.0. The Balaban J connectivity index is 1.51. The molecule has 3 aromatic rings. The Labute approximate surface area is 216 Å². The molecule has 3 aromatic carbocycles. The van der Waals surface area contributed by atoms with Crippen molar-refractivity contribution in [1.82, 2.24) is 4.90 Å². The molecular weight excluding hydrogens is 492 g/mol. The van der Waals surface area contributed by atoms with E-state index in [1.54, 1.807) is 67.6 Å². The maximum atomic E-state index is 13.6. The number of sulfonamides is 1. The van der Waals surface area contributed by atoms with Gasteiger partial charge in [0.25, 0.3) is 21.8 Å². The first-order chi connectivity index (χ1) is 17.7. The molecule has 0 fully saturated rings. The summed E-state index contributed by atoms with van der Waals surface area (Å²) < 4.78 is 33.5. The van der Waals surface area contributed by atoms with Gasteiger partial charge in [-0.15, -0.1) is 0 Å². The third-order valence-electron chi connectivity index (χ3n) is 6.15. The number of amides is 2. The molecule has 1 aliphatic heterocycles. The first kappa shape index (κ1) is 26.1. The Kier molecular flexibility index (Phi) is 7.73. The van der Waals surface area contributed by atoms with E-state index in [1.807, 2.05) is 6.92 Å². The molecule has 1 aliphatic rings. The summed E-state index contributed by atoms with van der Waals surface area (Å²) in [7, 11) is -3.91. The van der Waals surface area contributed by atoms with Crippen molar-refractivity contribution in [3.63, 3.8) is 0 Å². The zero-order valence-electron chi connectivity index (χ0n) is 20.7. The molecule has 0 unspecified atom stereocenters. The molecule has 9 heteroatoms. The molecular formula is C28H28N2O6S. The average molecular weight is 521 g/mol. The molecule has 0 saturated carbocycles. The van der Waals surface area contributed by atoms with Gasteiger partial charge in [-0.2, -0.15) is 0 Å². The average Bonchev–Trinajstić information content (AvgIpc) is 3.14. The van der Waals surface area contributed by atoms with Gasteiger partial charge in [-0.25, -0.2) is 13.2 Å². The molecule has 0 atom stereocenters. The van der Waals surface area contributed by atoms with Gasteiger partial charge in [-0.1, -0.05) is 29.8 Å². The normalized spacial score (nSPS) is 13.0. The molecule has 0 saturated heterocycles. The predicted octanol–water partition coefficient (Wildman–Crippen LogP) is 4.44. The molecule has 8 nitrogen and oxygen atoms in total. The fraction of sp³-hybridized carbons (Fsp3) is 0.250. The van der Waals surface area contributed by atoms with Crippen LogP contribution in [0.1, 0.15) is 56.4 Å². The molecule has 1 heterocycles. The van der Waals surface area contributed by atoms with Gasteiger partial charge < -0.3 is 4.74 Å². The van der Waals surface area contributed by atoms with Crippen LogP contribution >= 0.6 is 0 Å². The topological polar surface area (TPSA) is 101 Å². The van der Waals surface area contributed by atoms with Gasteiger partial charge in [0.05, 0.1) is 33.9 Å². The Hall–Kier alpha value is -3.98. The van der Waals surface area contributed by atoms with Gasteiger partial charge in [0.15, 0.2) is 0 Å². The number of hydrogen-bond acceptors (Lipinski definition) is 6. The Morgan fingerprint density at radius 3 is 2.03 bits per heavy atom. The zero-order valence-corrected chi connectivity index (χ0v) is 21.5. The van der Waals surface area contributed by atoms with Gasteiger partial charge in [0, 0.05) is 13.1 Å². The van der Waals surface area contributed by atoms with Crippen molar-refractivity contribution in [1.29, 1.82) is 0 Å². The molecule has 2 amide bonds. The van der Waals surface area contributed by atoms with Crippen LogP contribution in [0, 0.1) is 6.92 Å². The summed E-state index contributed by atoms with van der Waals surface area (Å²) in [4.78, 5) is 38.6. The molecule has 0 N–H and O–H groups in total. The minimum Gasteiger partial charge on any atom is -0.462 e. The van der Waals surface area contributed by atoms with Crippen LogP contribution in [0.5, 0.6) is 0 Å². The number of esters is 1. The van der Waals surface area contributed by atoms with Crippen LogP contribution in [-0.2, 0) is 14.8 Å². The largest absolute Gasteiger partial charge is 0.462 e. The van der Waals surface area contributed by atoms with Crippen molar-refractivity contribution in [2.45, 2.75) is 31.6 Å². The van der Waals surface area contributed by atoms with E-state index in [-0.39, 0.29) is 36.4 Å². The highest BCUT2D eigenvalue weighted by Gasteiger charge is 2.34. The van der Waals surface area contributed by atoms with Gasteiger partial charge in [-0.05, 0) is 75.2 Å². The predicted molar refractivity (Wildman–Crippen MR) is 139 cm³/mol.